The molecular formula is C11H17NO3. The molecule has 4 nitrogen and oxygen atoms in total. The molecule has 0 heterocycles. The Kier molecular flexibility index (Phi) is 2.24. The molecule has 2 aliphatic rings. The molecule has 0 unspecified atom stereocenters. The lowest BCUT2D eigenvalue weighted by molar-refractivity contribution is -0.140. The van der Waals surface area contributed by atoms with Crippen molar-refractivity contribution in [2.45, 2.75) is 39.2 Å². The highest BCUT2D eigenvalue weighted by Gasteiger charge is 2.66. The van der Waals surface area contributed by atoms with Crippen LogP contribution in [-0.2, 0) is 9.59 Å². The number of carbonyl (C=O) groups excluding carboxylic acids is 1. The Bertz CT molecular complexity index is 307. The molecule has 0 bridgehead atoms. The molecule has 2 N–H and O–H groups in total. The lowest BCUT2D eigenvalue weighted by Gasteiger charge is -2.26. The van der Waals surface area contributed by atoms with Gasteiger partial charge < -0.3 is 10.4 Å². The summed E-state index contributed by atoms with van der Waals surface area (Å²) in [6.07, 6.45) is 3.24. The third-order valence-corrected chi connectivity index (χ3v) is 3.83. The van der Waals surface area contributed by atoms with Crippen LogP contribution < -0.4 is 5.32 Å². The fourth-order valence-corrected chi connectivity index (χ4v) is 2.43. The zero-order chi connectivity index (χ0) is 11.2. The van der Waals surface area contributed by atoms with Gasteiger partial charge in [0.05, 0.1) is 11.8 Å². The van der Waals surface area contributed by atoms with Crippen molar-refractivity contribution in [1.82, 2.24) is 5.32 Å². The van der Waals surface area contributed by atoms with Crippen molar-refractivity contribution in [2.24, 2.45) is 17.3 Å². The van der Waals surface area contributed by atoms with Gasteiger partial charge in [-0.3, -0.25) is 9.59 Å². The van der Waals surface area contributed by atoms with Crippen molar-refractivity contribution < 1.29 is 14.7 Å². The van der Waals surface area contributed by atoms with Crippen LogP contribution >= 0.6 is 0 Å². The van der Waals surface area contributed by atoms with E-state index in [0.717, 1.165) is 12.8 Å². The number of carbonyl (C=O) groups is 2. The predicted molar refractivity (Wildman–Crippen MR) is 54.2 cm³/mol. The number of hydrogen-bond acceptors (Lipinski definition) is 2. The topological polar surface area (TPSA) is 66.4 Å². The van der Waals surface area contributed by atoms with E-state index in [4.69, 9.17) is 5.11 Å². The molecule has 0 aromatic carbocycles. The second kappa shape index (κ2) is 3.22. The van der Waals surface area contributed by atoms with Crippen molar-refractivity contribution in [3.05, 3.63) is 0 Å². The number of rotatable bonds is 3. The maximum Gasteiger partial charge on any atom is 0.307 e. The molecule has 2 atom stereocenters. The maximum atomic E-state index is 11.8. The van der Waals surface area contributed by atoms with E-state index in [2.05, 4.69) is 5.32 Å². The van der Waals surface area contributed by atoms with Crippen molar-refractivity contribution in [2.75, 3.05) is 0 Å². The summed E-state index contributed by atoms with van der Waals surface area (Å²) in [4.78, 5) is 22.6. The first-order valence-corrected chi connectivity index (χ1v) is 5.48. The second-order valence-corrected chi connectivity index (χ2v) is 5.25. The van der Waals surface area contributed by atoms with E-state index < -0.39 is 11.9 Å². The Hall–Kier alpha value is -1.06. The van der Waals surface area contributed by atoms with Crippen LogP contribution in [0.15, 0.2) is 0 Å². The van der Waals surface area contributed by atoms with Gasteiger partial charge in [0.15, 0.2) is 0 Å². The van der Waals surface area contributed by atoms with Crippen LogP contribution in [0.3, 0.4) is 0 Å². The molecule has 0 radical (unpaired) electrons. The molecule has 0 aliphatic heterocycles. The van der Waals surface area contributed by atoms with Gasteiger partial charge in [0.2, 0.25) is 5.91 Å². The third-order valence-electron chi connectivity index (χ3n) is 3.83. The zero-order valence-corrected chi connectivity index (χ0v) is 9.12. The van der Waals surface area contributed by atoms with Gasteiger partial charge in [0, 0.05) is 6.04 Å². The Morgan fingerprint density at radius 3 is 2.20 bits per heavy atom. The normalized spacial score (nSPS) is 32.9. The van der Waals surface area contributed by atoms with Crippen molar-refractivity contribution in [1.29, 1.82) is 0 Å². The minimum Gasteiger partial charge on any atom is -0.481 e. The summed E-state index contributed by atoms with van der Waals surface area (Å²) in [6, 6.07) is 0.295. The molecule has 0 aromatic heterocycles. The molecule has 84 valence electrons. The molecule has 4 heteroatoms. The molecule has 0 spiro atoms. The highest BCUT2D eigenvalue weighted by Crippen LogP contribution is 2.58. The quantitative estimate of drug-likeness (QED) is 0.732. The Balaban J connectivity index is 1.94. The maximum absolute atomic E-state index is 11.8. The van der Waals surface area contributed by atoms with Gasteiger partial charge in [0.25, 0.3) is 0 Å². The second-order valence-electron chi connectivity index (χ2n) is 5.25. The largest absolute Gasteiger partial charge is 0.481 e. The van der Waals surface area contributed by atoms with E-state index in [1.807, 2.05) is 13.8 Å². The first-order valence-electron chi connectivity index (χ1n) is 5.48. The molecule has 2 aliphatic carbocycles. The monoisotopic (exact) mass is 211 g/mol. The third kappa shape index (κ3) is 1.62. The minimum atomic E-state index is -0.853. The van der Waals surface area contributed by atoms with Gasteiger partial charge in [-0.05, 0) is 24.7 Å². The summed E-state index contributed by atoms with van der Waals surface area (Å²) in [5.74, 6) is -1.76. The number of nitrogens with one attached hydrogen (secondary N) is 1. The van der Waals surface area contributed by atoms with Crippen LogP contribution in [0.1, 0.15) is 33.1 Å². The fraction of sp³-hybridized carbons (Fsp3) is 0.818. The molecule has 2 rings (SSSR count). The number of carboxylic acids is 1. The zero-order valence-electron chi connectivity index (χ0n) is 9.12. The lowest BCUT2D eigenvalue weighted by Crippen LogP contribution is -2.41. The fourth-order valence-electron chi connectivity index (χ4n) is 2.43. The van der Waals surface area contributed by atoms with Gasteiger partial charge in [-0.1, -0.05) is 13.8 Å². The van der Waals surface area contributed by atoms with E-state index in [1.54, 1.807) is 0 Å². The summed E-state index contributed by atoms with van der Waals surface area (Å²) in [5, 5.41) is 11.8. The number of aliphatic carboxylic acids is 1. The predicted octanol–water partition coefficient (Wildman–Crippen LogP) is 1.01. The van der Waals surface area contributed by atoms with E-state index in [1.165, 1.54) is 6.42 Å². The summed E-state index contributed by atoms with van der Waals surface area (Å²) in [7, 11) is 0. The van der Waals surface area contributed by atoms with E-state index in [9.17, 15) is 9.59 Å². The van der Waals surface area contributed by atoms with E-state index in [-0.39, 0.29) is 17.2 Å². The van der Waals surface area contributed by atoms with E-state index in [0.29, 0.717) is 6.04 Å². The molecule has 1 amide bonds. The Morgan fingerprint density at radius 2 is 1.87 bits per heavy atom. The molecular weight excluding hydrogens is 194 g/mol. The first-order chi connectivity index (χ1) is 6.94. The average Bonchev–Trinajstić information content (AvgIpc) is 2.61. The molecule has 2 fully saturated rings. The molecule has 0 saturated heterocycles. The standard InChI is InChI=1S/C11H17NO3/c1-11(2)7(8(11)10(14)15)9(13)12-6-4-3-5-6/h6-8H,3-5H2,1-2H3,(H,12,13)(H,14,15)/t7-,8+/m1/s1. The Morgan fingerprint density at radius 1 is 1.27 bits per heavy atom. The lowest BCUT2D eigenvalue weighted by atomic mass is 9.93. The minimum absolute atomic E-state index is 0.0721. The van der Waals surface area contributed by atoms with Crippen LogP contribution in [0.4, 0.5) is 0 Å². The highest BCUT2D eigenvalue weighted by molar-refractivity contribution is 5.91. The highest BCUT2D eigenvalue weighted by atomic mass is 16.4. The van der Waals surface area contributed by atoms with Crippen LogP contribution in [0.25, 0.3) is 0 Å². The van der Waals surface area contributed by atoms with E-state index >= 15 is 0 Å². The van der Waals surface area contributed by atoms with Crippen LogP contribution in [-0.4, -0.2) is 23.0 Å². The summed E-state index contributed by atoms with van der Waals surface area (Å²) in [5.41, 5.74) is -0.375. The molecule has 0 aromatic rings. The van der Waals surface area contributed by atoms with Crippen molar-refractivity contribution in [3.63, 3.8) is 0 Å². The summed E-state index contributed by atoms with van der Waals surface area (Å²) < 4.78 is 0. The van der Waals surface area contributed by atoms with Crippen LogP contribution in [0.2, 0.25) is 0 Å². The number of carboxylic acid groups (broad SMARTS) is 1. The van der Waals surface area contributed by atoms with Gasteiger partial charge in [-0.25, -0.2) is 0 Å². The van der Waals surface area contributed by atoms with Crippen molar-refractivity contribution in [3.8, 4) is 0 Å². The van der Waals surface area contributed by atoms with Crippen LogP contribution in [0, 0.1) is 17.3 Å². The van der Waals surface area contributed by atoms with Crippen molar-refractivity contribution >= 4 is 11.9 Å². The number of amides is 1. The van der Waals surface area contributed by atoms with Gasteiger partial charge in [-0.15, -0.1) is 0 Å². The SMILES string of the molecule is CC1(C)[C@H](C(=O)O)[C@@H]1C(=O)NC1CCC1. The van der Waals surface area contributed by atoms with Gasteiger partial charge >= 0.3 is 5.97 Å². The summed E-state index contributed by atoms with van der Waals surface area (Å²) >= 11 is 0. The van der Waals surface area contributed by atoms with Crippen LogP contribution in [0.5, 0.6) is 0 Å². The Labute approximate surface area is 89.0 Å². The van der Waals surface area contributed by atoms with Gasteiger partial charge in [0.1, 0.15) is 0 Å². The first kappa shape index (κ1) is 10.5. The number of hydrogen-bond donors (Lipinski definition) is 2. The summed E-state index contributed by atoms with van der Waals surface area (Å²) in [6.45, 7) is 3.69. The van der Waals surface area contributed by atoms with Gasteiger partial charge in [-0.2, -0.15) is 0 Å². The average molecular weight is 211 g/mol. The molecule has 15 heavy (non-hydrogen) atoms. The molecule has 2 saturated carbocycles. The smallest absolute Gasteiger partial charge is 0.307 e.